The molecular weight excluding hydrogens is 614 g/mol. The summed E-state index contributed by atoms with van der Waals surface area (Å²) < 4.78 is 3.27. The van der Waals surface area contributed by atoms with Crippen LogP contribution in [0, 0.1) is 12.8 Å². The maximum atomic E-state index is 14.1. The second-order valence-electron chi connectivity index (χ2n) is 12.7. The van der Waals surface area contributed by atoms with Crippen LogP contribution in [0.3, 0.4) is 0 Å². The molecule has 1 N–H and O–H groups in total. The number of rotatable bonds is 6. The molecule has 0 radical (unpaired) electrons. The zero-order valence-corrected chi connectivity index (χ0v) is 27.3. The van der Waals surface area contributed by atoms with E-state index in [1.165, 1.54) is 22.2 Å². The normalized spacial score (nSPS) is 19.6. The SMILES string of the molecule is Cc1nc(C(=O)N2CC[C@@H](C(=O)N3CCC(O)(Cn4cnc5c(ccn5C)c4=O)CC3)[C@H](c3ccccc3)C2)sc1-c1cccnc1. The third-order valence-electron chi connectivity index (χ3n) is 9.67. The van der Waals surface area contributed by atoms with E-state index >= 15 is 0 Å². The Labute approximate surface area is 276 Å². The Morgan fingerprint density at radius 2 is 1.83 bits per heavy atom. The van der Waals surface area contributed by atoms with Gasteiger partial charge in [-0.3, -0.25) is 23.9 Å². The minimum atomic E-state index is -1.13. The van der Waals surface area contributed by atoms with Gasteiger partial charge in [-0.05, 0) is 43.9 Å². The summed E-state index contributed by atoms with van der Waals surface area (Å²) in [4.78, 5) is 58.8. The van der Waals surface area contributed by atoms with E-state index in [0.717, 1.165) is 21.7 Å². The fourth-order valence-corrected chi connectivity index (χ4v) is 8.03. The zero-order valence-electron chi connectivity index (χ0n) is 26.5. The highest BCUT2D eigenvalue weighted by Gasteiger charge is 2.42. The molecule has 2 aliphatic rings. The van der Waals surface area contributed by atoms with Crippen molar-refractivity contribution in [2.75, 3.05) is 26.2 Å². The lowest BCUT2D eigenvalue weighted by Crippen LogP contribution is -2.53. The van der Waals surface area contributed by atoms with Gasteiger partial charge in [0.25, 0.3) is 11.5 Å². The summed E-state index contributed by atoms with van der Waals surface area (Å²) in [6, 6.07) is 15.5. The van der Waals surface area contributed by atoms with Gasteiger partial charge in [0.15, 0.2) is 5.01 Å². The zero-order chi connectivity index (χ0) is 32.7. The van der Waals surface area contributed by atoms with Gasteiger partial charge in [0.1, 0.15) is 12.0 Å². The number of thiazole rings is 1. The molecule has 2 amide bonds. The van der Waals surface area contributed by atoms with Gasteiger partial charge in [0.2, 0.25) is 5.91 Å². The van der Waals surface area contributed by atoms with Gasteiger partial charge in [-0.25, -0.2) is 9.97 Å². The topological polar surface area (TPSA) is 126 Å². The summed E-state index contributed by atoms with van der Waals surface area (Å²) in [6.45, 7) is 3.68. The largest absolute Gasteiger partial charge is 0.388 e. The van der Waals surface area contributed by atoms with Crippen molar-refractivity contribution < 1.29 is 14.7 Å². The molecule has 242 valence electrons. The number of aliphatic hydroxyl groups is 1. The molecule has 2 saturated heterocycles. The number of hydrogen-bond acceptors (Lipinski definition) is 8. The average molecular weight is 652 g/mol. The van der Waals surface area contributed by atoms with E-state index in [0.29, 0.717) is 61.5 Å². The van der Waals surface area contributed by atoms with Crippen molar-refractivity contribution >= 4 is 34.2 Å². The lowest BCUT2D eigenvalue weighted by Gasteiger charge is -2.43. The fraction of sp³-hybridized carbons (Fsp3) is 0.371. The Morgan fingerprint density at radius 3 is 2.57 bits per heavy atom. The quantitative estimate of drug-likeness (QED) is 0.296. The summed E-state index contributed by atoms with van der Waals surface area (Å²) in [7, 11) is 1.84. The molecule has 4 aromatic heterocycles. The molecule has 47 heavy (non-hydrogen) atoms. The molecule has 12 heteroatoms. The van der Waals surface area contributed by atoms with Crippen LogP contribution in [0.4, 0.5) is 0 Å². The molecule has 0 unspecified atom stereocenters. The second kappa shape index (κ2) is 12.5. The van der Waals surface area contributed by atoms with Gasteiger partial charge in [0.05, 0.1) is 28.1 Å². The molecule has 2 atom stereocenters. The summed E-state index contributed by atoms with van der Waals surface area (Å²) in [6.07, 6.45) is 8.03. The van der Waals surface area contributed by atoms with Crippen molar-refractivity contribution in [3.05, 3.63) is 100 Å². The van der Waals surface area contributed by atoms with Crippen LogP contribution in [0.5, 0.6) is 0 Å². The predicted molar refractivity (Wildman–Crippen MR) is 179 cm³/mol. The van der Waals surface area contributed by atoms with Gasteiger partial charge in [-0.2, -0.15) is 0 Å². The number of pyridine rings is 1. The van der Waals surface area contributed by atoms with Gasteiger partial charge in [-0.15, -0.1) is 11.3 Å². The number of carbonyl (C=O) groups excluding carboxylic acids is 2. The van der Waals surface area contributed by atoms with Crippen LogP contribution in [-0.2, 0) is 18.4 Å². The molecule has 2 fully saturated rings. The predicted octanol–water partition coefficient (Wildman–Crippen LogP) is 3.86. The fourth-order valence-electron chi connectivity index (χ4n) is 7.00. The van der Waals surface area contributed by atoms with Crippen molar-refractivity contribution in [2.24, 2.45) is 13.0 Å². The van der Waals surface area contributed by atoms with Crippen LogP contribution in [-0.4, -0.2) is 82.6 Å². The number of likely N-dealkylation sites (tertiary alicyclic amines) is 2. The van der Waals surface area contributed by atoms with E-state index in [9.17, 15) is 19.5 Å². The summed E-state index contributed by atoms with van der Waals surface area (Å²) in [5, 5.41) is 12.4. The molecule has 0 aliphatic carbocycles. The molecular formula is C35H37N7O4S. The van der Waals surface area contributed by atoms with Gasteiger partial charge in [-0.1, -0.05) is 36.4 Å². The molecule has 5 aromatic rings. The molecule has 7 rings (SSSR count). The van der Waals surface area contributed by atoms with Crippen LogP contribution in [0.15, 0.2) is 78.2 Å². The Morgan fingerprint density at radius 1 is 1.04 bits per heavy atom. The Kier molecular flexibility index (Phi) is 8.23. The first-order valence-corrected chi connectivity index (χ1v) is 16.8. The average Bonchev–Trinajstić information content (AvgIpc) is 3.68. The Bertz CT molecular complexity index is 1980. The Hall–Kier alpha value is -4.68. The van der Waals surface area contributed by atoms with Crippen molar-refractivity contribution in [3.63, 3.8) is 0 Å². The third-order valence-corrected chi connectivity index (χ3v) is 10.9. The molecule has 0 spiro atoms. The molecule has 2 aliphatic heterocycles. The van der Waals surface area contributed by atoms with Crippen LogP contribution in [0.1, 0.15) is 46.2 Å². The highest BCUT2D eigenvalue weighted by molar-refractivity contribution is 7.17. The highest BCUT2D eigenvalue weighted by atomic mass is 32.1. The lowest BCUT2D eigenvalue weighted by atomic mass is 9.79. The molecule has 0 bridgehead atoms. The number of aryl methyl sites for hydroxylation is 2. The van der Waals surface area contributed by atoms with Crippen LogP contribution >= 0.6 is 11.3 Å². The van der Waals surface area contributed by atoms with Crippen molar-refractivity contribution in [2.45, 2.75) is 44.2 Å². The number of piperidine rings is 2. The number of hydrogen-bond donors (Lipinski definition) is 1. The first-order valence-electron chi connectivity index (χ1n) is 15.9. The Balaban J connectivity index is 1.05. The van der Waals surface area contributed by atoms with Crippen LogP contribution < -0.4 is 5.56 Å². The maximum absolute atomic E-state index is 14.1. The number of amides is 2. The maximum Gasteiger partial charge on any atom is 0.282 e. The van der Waals surface area contributed by atoms with Crippen molar-refractivity contribution in [3.8, 4) is 10.4 Å². The first-order chi connectivity index (χ1) is 22.7. The number of benzene rings is 1. The minimum Gasteiger partial charge on any atom is -0.388 e. The number of fused-ring (bicyclic) bond motifs is 1. The van der Waals surface area contributed by atoms with Gasteiger partial charge in [0, 0.05) is 69.2 Å². The monoisotopic (exact) mass is 651 g/mol. The minimum absolute atomic E-state index is 0.0431. The molecule has 0 saturated carbocycles. The smallest absolute Gasteiger partial charge is 0.282 e. The molecule has 1 aromatic carbocycles. The molecule has 6 heterocycles. The second-order valence-corrected chi connectivity index (χ2v) is 13.7. The summed E-state index contributed by atoms with van der Waals surface area (Å²) in [5.74, 6) is -0.560. The lowest BCUT2D eigenvalue weighted by molar-refractivity contribution is -0.142. The van der Waals surface area contributed by atoms with Crippen LogP contribution in [0.2, 0.25) is 0 Å². The van der Waals surface area contributed by atoms with E-state index in [-0.39, 0.29) is 35.8 Å². The first kappa shape index (κ1) is 30.9. The van der Waals surface area contributed by atoms with E-state index in [1.54, 1.807) is 29.2 Å². The number of carbonyl (C=O) groups is 2. The number of nitrogens with zero attached hydrogens (tertiary/aromatic N) is 7. The third kappa shape index (κ3) is 5.98. The van der Waals surface area contributed by atoms with E-state index < -0.39 is 5.60 Å². The van der Waals surface area contributed by atoms with Crippen LogP contribution in [0.25, 0.3) is 21.5 Å². The van der Waals surface area contributed by atoms with E-state index in [1.807, 2.05) is 66.2 Å². The highest BCUT2D eigenvalue weighted by Crippen LogP contribution is 2.37. The van der Waals surface area contributed by atoms with E-state index in [2.05, 4.69) is 15.0 Å². The van der Waals surface area contributed by atoms with Crippen molar-refractivity contribution in [1.82, 2.24) is 33.9 Å². The van der Waals surface area contributed by atoms with Crippen molar-refractivity contribution in [1.29, 1.82) is 0 Å². The standard InChI is InChI=1S/C35H37N7O4S/c1-23-29(25-9-6-14-36-19-25)47-31(38-23)34(45)41-16-11-26(28(20-41)24-7-4-3-5-8-24)32(43)40-17-12-35(46,13-18-40)21-42-22-37-30-27(33(42)44)10-15-39(30)2/h3-10,14-15,19,22,26,28,46H,11-13,16-18,20-21H2,1-2H3/t26-,28+/m1/s1. The van der Waals surface area contributed by atoms with Gasteiger partial charge < -0.3 is 19.5 Å². The van der Waals surface area contributed by atoms with E-state index in [4.69, 9.17) is 0 Å². The van der Waals surface area contributed by atoms with Gasteiger partial charge >= 0.3 is 0 Å². The summed E-state index contributed by atoms with van der Waals surface area (Å²) >= 11 is 1.38. The number of aromatic nitrogens is 5. The summed E-state index contributed by atoms with van der Waals surface area (Å²) in [5.41, 5.74) is 2.04. The molecule has 11 nitrogen and oxygen atoms in total.